The molecule has 2 heterocycles. The van der Waals surface area contributed by atoms with Crippen LogP contribution in [0, 0.1) is 5.92 Å². The molecule has 0 bridgehead atoms. The van der Waals surface area contributed by atoms with E-state index in [0.29, 0.717) is 17.3 Å². The third-order valence-corrected chi connectivity index (χ3v) is 4.97. The van der Waals surface area contributed by atoms with Gasteiger partial charge in [-0.15, -0.1) is 0 Å². The number of furan rings is 1. The van der Waals surface area contributed by atoms with Crippen LogP contribution in [0.4, 0.5) is 0 Å². The topological polar surface area (TPSA) is 104 Å². The molecule has 1 fully saturated rings. The summed E-state index contributed by atoms with van der Waals surface area (Å²) < 4.78 is 5.23. The summed E-state index contributed by atoms with van der Waals surface area (Å²) in [6.07, 6.45) is 1.60. The number of amides is 3. The molecule has 0 saturated carbocycles. The lowest BCUT2D eigenvalue weighted by Crippen LogP contribution is -2.50. The fourth-order valence-corrected chi connectivity index (χ4v) is 3.43. The van der Waals surface area contributed by atoms with Crippen LogP contribution in [-0.4, -0.2) is 34.3 Å². The third kappa shape index (κ3) is 5.47. The Morgan fingerprint density at radius 2 is 2.03 bits per heavy atom. The number of carbonyl (C=O) groups excluding carboxylic acids is 3. The summed E-state index contributed by atoms with van der Waals surface area (Å²) in [5.74, 6) is -1.02. The normalized spacial score (nSPS) is 15.9. The minimum Gasteiger partial charge on any atom is -0.467 e. The lowest BCUT2D eigenvalue weighted by molar-refractivity contribution is -0.129. The molecular formula is C18H16Cl2N4O4S. The molecule has 3 N–H and O–H groups in total. The highest BCUT2D eigenvalue weighted by Crippen LogP contribution is 2.21. The van der Waals surface area contributed by atoms with Crippen LogP contribution >= 0.6 is 35.4 Å². The molecule has 1 unspecified atom stereocenters. The minimum absolute atomic E-state index is 0.0771. The van der Waals surface area contributed by atoms with E-state index in [9.17, 15) is 14.4 Å². The van der Waals surface area contributed by atoms with Gasteiger partial charge in [0.1, 0.15) is 5.76 Å². The van der Waals surface area contributed by atoms with Crippen LogP contribution in [0.2, 0.25) is 10.0 Å². The van der Waals surface area contributed by atoms with E-state index in [0.717, 1.165) is 0 Å². The average Bonchev–Trinajstić information content (AvgIpc) is 3.30. The Morgan fingerprint density at radius 1 is 1.24 bits per heavy atom. The zero-order valence-corrected chi connectivity index (χ0v) is 17.2. The Bertz CT molecular complexity index is 951. The molecule has 0 spiro atoms. The van der Waals surface area contributed by atoms with Gasteiger partial charge in [-0.3, -0.25) is 30.6 Å². The summed E-state index contributed by atoms with van der Waals surface area (Å²) >= 11 is 16.8. The molecule has 0 radical (unpaired) electrons. The number of nitrogens with one attached hydrogen (secondary N) is 3. The summed E-state index contributed by atoms with van der Waals surface area (Å²) in [6, 6.07) is 7.90. The highest BCUT2D eigenvalue weighted by Gasteiger charge is 2.34. The molecule has 1 aromatic carbocycles. The van der Waals surface area contributed by atoms with E-state index in [1.165, 1.54) is 24.5 Å². The van der Waals surface area contributed by atoms with Crippen LogP contribution in [0.1, 0.15) is 22.5 Å². The van der Waals surface area contributed by atoms with Crippen LogP contribution in [0.3, 0.4) is 0 Å². The van der Waals surface area contributed by atoms with Gasteiger partial charge in [0.15, 0.2) is 5.11 Å². The third-order valence-electron chi connectivity index (χ3n) is 4.21. The first-order valence-corrected chi connectivity index (χ1v) is 9.66. The maximum Gasteiger partial charge on any atom is 0.258 e. The molecular weight excluding hydrogens is 439 g/mol. The first-order chi connectivity index (χ1) is 13.8. The van der Waals surface area contributed by atoms with E-state index in [-0.39, 0.29) is 34.6 Å². The van der Waals surface area contributed by atoms with Crippen LogP contribution in [-0.2, 0) is 16.1 Å². The number of rotatable bonds is 4. The molecule has 1 aliphatic heterocycles. The fraction of sp³-hybridized carbons (Fsp3) is 0.222. The summed E-state index contributed by atoms with van der Waals surface area (Å²) in [7, 11) is 0. The number of hydrogen-bond acceptors (Lipinski definition) is 5. The molecule has 1 saturated heterocycles. The smallest absolute Gasteiger partial charge is 0.258 e. The Hall–Kier alpha value is -2.62. The molecule has 0 aliphatic carbocycles. The average molecular weight is 455 g/mol. The number of thiocarbonyl (C=S) groups is 1. The molecule has 29 heavy (non-hydrogen) atoms. The molecule has 152 valence electrons. The van der Waals surface area contributed by atoms with Crippen molar-refractivity contribution in [3.63, 3.8) is 0 Å². The van der Waals surface area contributed by atoms with E-state index in [1.807, 2.05) is 0 Å². The van der Waals surface area contributed by atoms with Gasteiger partial charge in [0, 0.05) is 18.0 Å². The second kappa shape index (κ2) is 9.25. The number of likely N-dealkylation sites (tertiary alicyclic amines) is 1. The Kier molecular flexibility index (Phi) is 6.73. The van der Waals surface area contributed by atoms with Crippen LogP contribution < -0.4 is 16.2 Å². The number of halogens is 2. The molecule has 3 rings (SSSR count). The molecule has 1 aromatic heterocycles. The number of nitrogens with zero attached hydrogens (tertiary/aromatic N) is 1. The molecule has 1 aliphatic rings. The summed E-state index contributed by atoms with van der Waals surface area (Å²) in [4.78, 5) is 38.1. The second-order valence-electron chi connectivity index (χ2n) is 6.28. The van der Waals surface area contributed by atoms with Gasteiger partial charge < -0.3 is 9.32 Å². The van der Waals surface area contributed by atoms with Crippen molar-refractivity contribution in [2.75, 3.05) is 6.54 Å². The van der Waals surface area contributed by atoms with Crippen molar-refractivity contribution in [2.45, 2.75) is 13.0 Å². The largest absolute Gasteiger partial charge is 0.467 e. The summed E-state index contributed by atoms with van der Waals surface area (Å²) in [5.41, 5.74) is 5.03. The molecule has 2 aromatic rings. The van der Waals surface area contributed by atoms with Crippen molar-refractivity contribution in [1.82, 2.24) is 21.1 Å². The van der Waals surface area contributed by atoms with E-state index in [4.69, 9.17) is 39.8 Å². The van der Waals surface area contributed by atoms with Crippen LogP contribution in [0.25, 0.3) is 0 Å². The minimum atomic E-state index is -0.556. The zero-order chi connectivity index (χ0) is 21.0. The predicted octanol–water partition coefficient (Wildman–Crippen LogP) is 2.27. The van der Waals surface area contributed by atoms with Gasteiger partial charge in [-0.1, -0.05) is 23.2 Å². The van der Waals surface area contributed by atoms with Gasteiger partial charge in [-0.25, -0.2) is 0 Å². The number of hydrogen-bond donors (Lipinski definition) is 3. The first kappa shape index (κ1) is 21.1. The van der Waals surface area contributed by atoms with Crippen molar-refractivity contribution in [2.24, 2.45) is 5.92 Å². The van der Waals surface area contributed by atoms with E-state index in [1.54, 1.807) is 17.0 Å². The van der Waals surface area contributed by atoms with Gasteiger partial charge >= 0.3 is 0 Å². The quantitative estimate of drug-likeness (QED) is 0.483. The number of hydrazine groups is 1. The monoisotopic (exact) mass is 454 g/mol. The maximum absolute atomic E-state index is 12.3. The SMILES string of the molecule is O=C(NC(=S)NNC(=O)C1CC(=O)N(Cc2ccco2)C1)c1ccc(Cl)cc1Cl. The van der Waals surface area contributed by atoms with Crippen LogP contribution in [0.15, 0.2) is 41.0 Å². The van der Waals surface area contributed by atoms with Crippen molar-refractivity contribution in [1.29, 1.82) is 0 Å². The lowest BCUT2D eigenvalue weighted by Gasteiger charge is -2.16. The summed E-state index contributed by atoms with van der Waals surface area (Å²) in [5, 5.41) is 2.84. The standard InChI is InChI=1S/C18H16Cl2N4O4S/c19-11-3-4-13(14(20)7-11)17(27)21-18(29)23-22-16(26)10-6-15(25)24(8-10)9-12-2-1-5-28-12/h1-5,7,10H,6,8-9H2,(H,22,26)(H2,21,23,27,29). The second-order valence-corrected chi connectivity index (χ2v) is 7.53. The van der Waals surface area contributed by atoms with Crippen molar-refractivity contribution in [3.05, 3.63) is 58.0 Å². The van der Waals surface area contributed by atoms with Crippen molar-refractivity contribution < 1.29 is 18.8 Å². The molecule has 11 heteroatoms. The van der Waals surface area contributed by atoms with Gasteiger partial charge in [-0.05, 0) is 42.5 Å². The highest BCUT2D eigenvalue weighted by molar-refractivity contribution is 7.80. The Morgan fingerprint density at radius 3 is 2.72 bits per heavy atom. The highest BCUT2D eigenvalue weighted by atomic mass is 35.5. The van der Waals surface area contributed by atoms with E-state index >= 15 is 0 Å². The summed E-state index contributed by atoms with van der Waals surface area (Å²) in [6.45, 7) is 0.561. The zero-order valence-electron chi connectivity index (χ0n) is 14.9. The maximum atomic E-state index is 12.3. The molecule has 8 nitrogen and oxygen atoms in total. The first-order valence-electron chi connectivity index (χ1n) is 8.50. The number of carbonyl (C=O) groups is 3. The van der Waals surface area contributed by atoms with Gasteiger partial charge in [0.05, 0.1) is 29.3 Å². The Balaban J connectivity index is 1.47. The van der Waals surface area contributed by atoms with Crippen molar-refractivity contribution in [3.8, 4) is 0 Å². The van der Waals surface area contributed by atoms with Crippen molar-refractivity contribution >= 4 is 58.3 Å². The van der Waals surface area contributed by atoms with E-state index in [2.05, 4.69) is 16.2 Å². The van der Waals surface area contributed by atoms with Crippen LogP contribution in [0.5, 0.6) is 0 Å². The molecule has 3 amide bonds. The fourth-order valence-electron chi connectivity index (χ4n) is 2.79. The molecule has 1 atom stereocenters. The number of benzene rings is 1. The lowest BCUT2D eigenvalue weighted by atomic mass is 10.1. The van der Waals surface area contributed by atoms with Gasteiger partial charge in [-0.2, -0.15) is 0 Å². The van der Waals surface area contributed by atoms with Gasteiger partial charge in [0.25, 0.3) is 5.91 Å². The van der Waals surface area contributed by atoms with Gasteiger partial charge in [0.2, 0.25) is 11.8 Å². The van der Waals surface area contributed by atoms with E-state index < -0.39 is 17.7 Å². The predicted molar refractivity (Wildman–Crippen MR) is 110 cm³/mol. The Labute approximate surface area is 181 Å².